The van der Waals surface area contributed by atoms with Crippen LogP contribution in [-0.2, 0) is 4.74 Å². The quantitative estimate of drug-likeness (QED) is 0.740. The predicted octanol–water partition coefficient (Wildman–Crippen LogP) is 3.64. The van der Waals surface area contributed by atoms with E-state index in [0.29, 0.717) is 48.9 Å². The number of rotatable bonds is 3. The van der Waals surface area contributed by atoms with Gasteiger partial charge in [0.25, 0.3) is 0 Å². The molecule has 1 aliphatic rings. The molecule has 0 unspecified atom stereocenters. The van der Waals surface area contributed by atoms with Crippen LogP contribution in [0.1, 0.15) is 16.1 Å². The summed E-state index contributed by atoms with van der Waals surface area (Å²) in [7, 11) is 0. The van der Waals surface area contributed by atoms with Crippen molar-refractivity contribution in [1.29, 1.82) is 0 Å². The summed E-state index contributed by atoms with van der Waals surface area (Å²) in [5.41, 5.74) is 2.13. The Kier molecular flexibility index (Phi) is 4.49. The number of nitrogens with zero attached hydrogens (tertiary/aromatic N) is 3. The van der Waals surface area contributed by atoms with E-state index in [2.05, 4.69) is 5.10 Å². The van der Waals surface area contributed by atoms with Gasteiger partial charge < -0.3 is 14.7 Å². The predicted molar refractivity (Wildman–Crippen MR) is 100 cm³/mol. The summed E-state index contributed by atoms with van der Waals surface area (Å²) in [6.07, 6.45) is 0. The number of benzene rings is 1. The Morgan fingerprint density at radius 2 is 1.96 bits per heavy atom. The molecular weight excluding hydrogens is 373 g/mol. The highest BCUT2D eigenvalue weighted by atomic mass is 35.5. The van der Waals surface area contributed by atoms with Crippen molar-refractivity contribution in [3.05, 3.63) is 52.4 Å². The minimum absolute atomic E-state index is 0.137. The van der Waals surface area contributed by atoms with E-state index in [-0.39, 0.29) is 16.1 Å². The maximum absolute atomic E-state index is 14.5. The molecule has 1 aliphatic heterocycles. The first-order valence-electron chi connectivity index (χ1n) is 8.51. The lowest BCUT2D eigenvalue weighted by molar-refractivity contribution is 0.0695. The highest BCUT2D eigenvalue weighted by Gasteiger charge is 2.26. The van der Waals surface area contributed by atoms with Crippen LogP contribution >= 0.6 is 11.6 Å². The molecule has 1 N–H and O–H groups in total. The fourth-order valence-corrected chi connectivity index (χ4v) is 3.76. The van der Waals surface area contributed by atoms with Gasteiger partial charge in [0.2, 0.25) is 0 Å². The standard InChI is InChI=1S/C19H17ClFN3O3/c1-11-16(17-13(20)3-2-4-14(17)21)15-6-5-12(19(25)26)18(24(15)22-11)23-7-9-27-10-8-23/h2-6H,7-10H2,1H3,(H,25,26). The normalized spacial score (nSPS) is 14.7. The summed E-state index contributed by atoms with van der Waals surface area (Å²) < 4.78 is 21.5. The van der Waals surface area contributed by atoms with E-state index in [1.165, 1.54) is 12.1 Å². The number of hydrogen-bond acceptors (Lipinski definition) is 4. The average Bonchev–Trinajstić information content (AvgIpc) is 2.97. The van der Waals surface area contributed by atoms with Gasteiger partial charge in [-0.15, -0.1) is 0 Å². The summed E-state index contributed by atoms with van der Waals surface area (Å²) in [4.78, 5) is 13.7. The number of anilines is 1. The molecule has 4 rings (SSSR count). The lowest BCUT2D eigenvalue weighted by atomic mass is 10.0. The van der Waals surface area contributed by atoms with E-state index in [1.54, 1.807) is 29.6 Å². The van der Waals surface area contributed by atoms with Crippen molar-refractivity contribution in [2.45, 2.75) is 6.92 Å². The summed E-state index contributed by atoms with van der Waals surface area (Å²) in [6.45, 7) is 3.86. The second kappa shape index (κ2) is 6.83. The number of aromatic carboxylic acids is 1. The number of pyridine rings is 1. The van der Waals surface area contributed by atoms with Gasteiger partial charge in [0.15, 0.2) is 0 Å². The zero-order valence-electron chi connectivity index (χ0n) is 14.6. The van der Waals surface area contributed by atoms with Gasteiger partial charge in [0.05, 0.1) is 29.4 Å². The van der Waals surface area contributed by atoms with Crippen molar-refractivity contribution in [3.63, 3.8) is 0 Å². The molecule has 0 aliphatic carbocycles. The molecule has 1 saturated heterocycles. The van der Waals surface area contributed by atoms with Gasteiger partial charge in [-0.3, -0.25) is 0 Å². The number of ether oxygens (including phenoxy) is 1. The van der Waals surface area contributed by atoms with E-state index < -0.39 is 11.8 Å². The topological polar surface area (TPSA) is 67.1 Å². The number of aryl methyl sites for hydroxylation is 1. The van der Waals surface area contributed by atoms with Crippen LogP contribution in [0.4, 0.5) is 10.2 Å². The summed E-state index contributed by atoms with van der Waals surface area (Å²) >= 11 is 6.27. The van der Waals surface area contributed by atoms with Crippen molar-refractivity contribution in [3.8, 4) is 11.1 Å². The van der Waals surface area contributed by atoms with Gasteiger partial charge in [-0.25, -0.2) is 13.7 Å². The van der Waals surface area contributed by atoms with Gasteiger partial charge in [-0.1, -0.05) is 17.7 Å². The zero-order chi connectivity index (χ0) is 19.1. The molecule has 2 aromatic heterocycles. The molecule has 0 bridgehead atoms. The maximum Gasteiger partial charge on any atom is 0.339 e. The van der Waals surface area contributed by atoms with Crippen LogP contribution in [0, 0.1) is 12.7 Å². The summed E-state index contributed by atoms with van der Waals surface area (Å²) in [5.74, 6) is -1.03. The third-order valence-electron chi connectivity index (χ3n) is 4.70. The van der Waals surface area contributed by atoms with Crippen LogP contribution in [0.15, 0.2) is 30.3 Å². The SMILES string of the molecule is Cc1nn2c(N3CCOCC3)c(C(=O)O)ccc2c1-c1c(F)cccc1Cl. The van der Waals surface area contributed by atoms with E-state index in [9.17, 15) is 14.3 Å². The highest BCUT2D eigenvalue weighted by molar-refractivity contribution is 6.33. The van der Waals surface area contributed by atoms with Crippen molar-refractivity contribution in [2.24, 2.45) is 0 Å². The average molecular weight is 390 g/mol. The van der Waals surface area contributed by atoms with E-state index in [4.69, 9.17) is 16.3 Å². The molecule has 1 fully saturated rings. The first-order valence-corrected chi connectivity index (χ1v) is 8.89. The number of aromatic nitrogens is 2. The van der Waals surface area contributed by atoms with E-state index in [0.717, 1.165) is 0 Å². The Balaban J connectivity index is 2.02. The number of fused-ring (bicyclic) bond motifs is 1. The molecule has 6 nitrogen and oxygen atoms in total. The Morgan fingerprint density at radius 1 is 1.22 bits per heavy atom. The smallest absolute Gasteiger partial charge is 0.339 e. The van der Waals surface area contributed by atoms with Crippen molar-refractivity contribution < 1.29 is 19.0 Å². The Hall–Kier alpha value is -2.64. The third kappa shape index (κ3) is 2.93. The molecule has 8 heteroatoms. The Labute approximate surface area is 159 Å². The molecule has 3 aromatic rings. The largest absolute Gasteiger partial charge is 0.478 e. The minimum atomic E-state index is -1.04. The van der Waals surface area contributed by atoms with Crippen LogP contribution in [0.3, 0.4) is 0 Å². The van der Waals surface area contributed by atoms with Gasteiger partial charge >= 0.3 is 5.97 Å². The van der Waals surface area contributed by atoms with E-state index in [1.807, 2.05) is 4.90 Å². The van der Waals surface area contributed by atoms with Crippen LogP contribution in [0.25, 0.3) is 16.6 Å². The lowest BCUT2D eigenvalue weighted by Crippen LogP contribution is -2.38. The minimum Gasteiger partial charge on any atom is -0.478 e. The third-order valence-corrected chi connectivity index (χ3v) is 5.01. The van der Waals surface area contributed by atoms with Gasteiger partial charge in [0.1, 0.15) is 17.2 Å². The molecular formula is C19H17ClFN3O3. The lowest BCUT2D eigenvalue weighted by Gasteiger charge is -2.30. The molecule has 0 saturated carbocycles. The molecule has 27 heavy (non-hydrogen) atoms. The van der Waals surface area contributed by atoms with E-state index >= 15 is 0 Å². The number of hydrogen-bond donors (Lipinski definition) is 1. The van der Waals surface area contributed by atoms with Crippen LogP contribution < -0.4 is 4.90 Å². The molecule has 140 valence electrons. The Morgan fingerprint density at radius 3 is 2.63 bits per heavy atom. The maximum atomic E-state index is 14.5. The molecule has 0 radical (unpaired) electrons. The van der Waals surface area contributed by atoms with Gasteiger partial charge in [-0.2, -0.15) is 5.10 Å². The van der Waals surface area contributed by atoms with Crippen molar-refractivity contribution in [1.82, 2.24) is 9.61 Å². The van der Waals surface area contributed by atoms with Gasteiger partial charge in [-0.05, 0) is 31.2 Å². The molecule has 0 amide bonds. The summed E-state index contributed by atoms with van der Waals surface area (Å²) in [6, 6.07) is 7.69. The molecule has 1 aromatic carbocycles. The number of carboxylic acids is 1. The molecule has 3 heterocycles. The zero-order valence-corrected chi connectivity index (χ0v) is 15.3. The highest BCUT2D eigenvalue weighted by Crippen LogP contribution is 2.37. The number of carbonyl (C=O) groups is 1. The number of morpholine rings is 1. The first-order chi connectivity index (χ1) is 13.0. The fourth-order valence-electron chi connectivity index (χ4n) is 3.50. The van der Waals surface area contributed by atoms with Crippen LogP contribution in [0.5, 0.6) is 0 Å². The second-order valence-electron chi connectivity index (χ2n) is 6.33. The number of halogens is 2. The number of carboxylic acid groups (broad SMARTS) is 1. The Bertz CT molecular complexity index is 1020. The van der Waals surface area contributed by atoms with Gasteiger partial charge in [0, 0.05) is 24.2 Å². The van der Waals surface area contributed by atoms with Crippen molar-refractivity contribution >= 4 is 28.9 Å². The second-order valence-corrected chi connectivity index (χ2v) is 6.74. The monoisotopic (exact) mass is 389 g/mol. The molecule has 0 atom stereocenters. The first kappa shape index (κ1) is 17.8. The van der Waals surface area contributed by atoms with Crippen LogP contribution in [-0.4, -0.2) is 47.0 Å². The van der Waals surface area contributed by atoms with Crippen molar-refractivity contribution in [2.75, 3.05) is 31.2 Å². The molecule has 0 spiro atoms. The fraction of sp³-hybridized carbons (Fsp3) is 0.263. The summed E-state index contributed by atoms with van der Waals surface area (Å²) in [5, 5.41) is 14.5. The van der Waals surface area contributed by atoms with Crippen LogP contribution in [0.2, 0.25) is 5.02 Å².